The summed E-state index contributed by atoms with van der Waals surface area (Å²) in [7, 11) is 0. The van der Waals surface area contributed by atoms with Crippen LogP contribution in [-0.4, -0.2) is 23.6 Å². The lowest BCUT2D eigenvalue weighted by molar-refractivity contribution is -0.151. The molecule has 0 N–H and O–H groups in total. The first-order valence-electron chi connectivity index (χ1n) is 8.45. The fraction of sp³-hybridized carbons (Fsp3) is 0.684. The van der Waals surface area contributed by atoms with Gasteiger partial charge in [0.1, 0.15) is 6.10 Å². The van der Waals surface area contributed by atoms with E-state index in [1.807, 2.05) is 13.8 Å². The van der Waals surface area contributed by atoms with Crippen LogP contribution in [0.3, 0.4) is 0 Å². The smallest absolute Gasteiger partial charge is 0.330 e. The Morgan fingerprint density at radius 3 is 2.70 bits per heavy atom. The van der Waals surface area contributed by atoms with Crippen molar-refractivity contribution in [2.75, 3.05) is 5.75 Å². The first-order valence-corrected chi connectivity index (χ1v) is 9.08. The number of ether oxygens (including phenoxy) is 1. The van der Waals surface area contributed by atoms with Crippen molar-refractivity contribution in [3.8, 4) is 0 Å². The number of esters is 1. The molecule has 0 saturated heterocycles. The van der Waals surface area contributed by atoms with Gasteiger partial charge < -0.3 is 4.74 Å². The summed E-state index contributed by atoms with van der Waals surface area (Å²) in [6, 6.07) is 0. The van der Waals surface area contributed by atoms with Gasteiger partial charge in [-0.25, -0.2) is 4.79 Å². The third-order valence-corrected chi connectivity index (χ3v) is 6.00. The fourth-order valence-electron chi connectivity index (χ4n) is 4.11. The van der Waals surface area contributed by atoms with E-state index < -0.39 is 0 Å². The average molecular weight is 336 g/mol. The second-order valence-corrected chi connectivity index (χ2v) is 7.87. The van der Waals surface area contributed by atoms with Gasteiger partial charge in [0, 0.05) is 18.2 Å². The normalized spacial score (nSPS) is 34.4. The molecule has 0 bridgehead atoms. The van der Waals surface area contributed by atoms with Crippen LogP contribution in [0.5, 0.6) is 0 Å². The molecule has 2 aliphatic carbocycles. The van der Waals surface area contributed by atoms with Gasteiger partial charge in [-0.3, -0.25) is 4.79 Å². The lowest BCUT2D eigenvalue weighted by Gasteiger charge is -2.51. The third kappa shape index (κ3) is 3.90. The molecule has 0 aliphatic heterocycles. The molecule has 2 fully saturated rings. The number of thiol groups is 1. The van der Waals surface area contributed by atoms with Crippen molar-refractivity contribution < 1.29 is 14.3 Å². The molecule has 0 aromatic rings. The minimum absolute atomic E-state index is 0.0822. The van der Waals surface area contributed by atoms with Gasteiger partial charge in [-0.05, 0) is 55.9 Å². The third-order valence-electron chi connectivity index (χ3n) is 5.79. The topological polar surface area (TPSA) is 43.4 Å². The van der Waals surface area contributed by atoms with Crippen molar-refractivity contribution in [1.82, 2.24) is 0 Å². The van der Waals surface area contributed by atoms with Crippen molar-refractivity contribution in [1.29, 1.82) is 0 Å². The van der Waals surface area contributed by atoms with Gasteiger partial charge in [0.2, 0.25) is 0 Å². The van der Waals surface area contributed by atoms with Crippen molar-refractivity contribution in [2.45, 2.75) is 59.5 Å². The molecule has 23 heavy (non-hydrogen) atoms. The second kappa shape index (κ2) is 7.25. The predicted octanol–water partition coefficient (Wildman–Crippen LogP) is 4.14. The molecule has 0 spiro atoms. The van der Waals surface area contributed by atoms with Crippen molar-refractivity contribution >= 4 is 24.4 Å². The largest absolute Gasteiger partial charge is 0.459 e. The summed E-state index contributed by atoms with van der Waals surface area (Å²) in [5, 5.41) is 0. The molecule has 0 heterocycles. The monoisotopic (exact) mass is 336 g/mol. The number of rotatable bonds is 3. The van der Waals surface area contributed by atoms with E-state index in [2.05, 4.69) is 26.5 Å². The van der Waals surface area contributed by atoms with Crippen LogP contribution in [0.1, 0.15) is 53.4 Å². The minimum Gasteiger partial charge on any atom is -0.459 e. The highest BCUT2D eigenvalue weighted by Gasteiger charge is 2.50. The Morgan fingerprint density at radius 2 is 2.09 bits per heavy atom. The van der Waals surface area contributed by atoms with E-state index in [1.54, 1.807) is 6.08 Å². The molecule has 128 valence electrons. The van der Waals surface area contributed by atoms with Crippen LogP contribution in [0.4, 0.5) is 0 Å². The molecule has 4 atom stereocenters. The number of allylic oxidation sites excluding steroid dienone is 2. The molecule has 0 aromatic carbocycles. The molecule has 2 rings (SSSR count). The Labute approximate surface area is 145 Å². The standard InChI is InChI=1S/C19H28O3S/c1-12(2)16-11-19(4)13(3)8-15(9-14(19)10-17(16)20)22-18(21)6-5-7-23/h5-6,13-15,23H,7-11H2,1-4H3/b6-5-/t13-,14+,15+,19+/m0/s1. The SMILES string of the molecule is CC(C)=C1C[C@@]2(C)[C@@H](CC1=O)C[C@H](OC(=O)/C=C\CS)C[C@@H]2C. The maximum atomic E-state index is 12.4. The van der Waals surface area contributed by atoms with E-state index in [0.717, 1.165) is 30.4 Å². The highest BCUT2D eigenvalue weighted by molar-refractivity contribution is 7.80. The summed E-state index contributed by atoms with van der Waals surface area (Å²) >= 11 is 4.05. The summed E-state index contributed by atoms with van der Waals surface area (Å²) in [6.45, 7) is 8.59. The van der Waals surface area contributed by atoms with Gasteiger partial charge in [0.25, 0.3) is 0 Å². The number of ketones is 1. The lowest BCUT2D eigenvalue weighted by Crippen LogP contribution is -2.47. The Kier molecular flexibility index (Phi) is 5.77. The minimum atomic E-state index is -0.299. The Bertz CT molecular complexity index is 545. The zero-order valence-corrected chi connectivity index (χ0v) is 15.5. The van der Waals surface area contributed by atoms with Crippen molar-refractivity contribution in [3.05, 3.63) is 23.3 Å². The Hall–Kier alpha value is -1.03. The summed E-state index contributed by atoms with van der Waals surface area (Å²) < 4.78 is 5.58. The summed E-state index contributed by atoms with van der Waals surface area (Å²) in [6.07, 6.45) is 6.16. The molecule has 0 unspecified atom stereocenters. The molecular weight excluding hydrogens is 308 g/mol. The van der Waals surface area contributed by atoms with Gasteiger partial charge in [0.05, 0.1) is 0 Å². The van der Waals surface area contributed by atoms with Crippen molar-refractivity contribution in [2.24, 2.45) is 17.3 Å². The molecule has 0 amide bonds. The van der Waals surface area contributed by atoms with Gasteiger partial charge in [-0.15, -0.1) is 0 Å². The maximum Gasteiger partial charge on any atom is 0.330 e. The Morgan fingerprint density at radius 1 is 1.39 bits per heavy atom. The van der Waals surface area contributed by atoms with Crippen LogP contribution >= 0.6 is 12.6 Å². The van der Waals surface area contributed by atoms with Crippen LogP contribution in [0, 0.1) is 17.3 Å². The number of fused-ring (bicyclic) bond motifs is 1. The second-order valence-electron chi connectivity index (χ2n) is 7.50. The molecule has 0 aromatic heterocycles. The number of Topliss-reactive ketones (excluding diaryl/α,β-unsaturated/α-hetero) is 1. The molecule has 3 nitrogen and oxygen atoms in total. The summed E-state index contributed by atoms with van der Waals surface area (Å²) in [4.78, 5) is 24.2. The van der Waals surface area contributed by atoms with Crippen LogP contribution in [0.2, 0.25) is 0 Å². The number of hydrogen-bond acceptors (Lipinski definition) is 4. The molecule has 2 aliphatic rings. The molecule has 4 heteroatoms. The maximum absolute atomic E-state index is 12.4. The van der Waals surface area contributed by atoms with Gasteiger partial charge in [0.15, 0.2) is 5.78 Å². The van der Waals surface area contributed by atoms with E-state index in [-0.39, 0.29) is 23.3 Å². The number of carbonyl (C=O) groups excluding carboxylic acids is 2. The number of hydrogen-bond donors (Lipinski definition) is 1. The van der Waals surface area contributed by atoms with Gasteiger partial charge >= 0.3 is 5.97 Å². The van der Waals surface area contributed by atoms with Crippen LogP contribution in [0.15, 0.2) is 23.3 Å². The van der Waals surface area contributed by atoms with E-state index in [9.17, 15) is 9.59 Å². The quantitative estimate of drug-likeness (QED) is 0.478. The van der Waals surface area contributed by atoms with E-state index in [4.69, 9.17) is 4.74 Å². The van der Waals surface area contributed by atoms with Crippen LogP contribution in [-0.2, 0) is 14.3 Å². The first kappa shape index (κ1) is 18.3. The highest BCUT2D eigenvalue weighted by Crippen LogP contribution is 2.54. The number of carbonyl (C=O) groups is 2. The zero-order chi connectivity index (χ0) is 17.2. The van der Waals surface area contributed by atoms with Gasteiger partial charge in [-0.1, -0.05) is 25.5 Å². The molecule has 2 saturated carbocycles. The lowest BCUT2D eigenvalue weighted by atomic mass is 9.54. The first-order chi connectivity index (χ1) is 10.8. The zero-order valence-electron chi connectivity index (χ0n) is 14.6. The Balaban J connectivity index is 2.12. The van der Waals surface area contributed by atoms with Gasteiger partial charge in [-0.2, -0.15) is 12.6 Å². The van der Waals surface area contributed by atoms with Crippen LogP contribution in [0.25, 0.3) is 0 Å². The van der Waals surface area contributed by atoms with E-state index >= 15 is 0 Å². The summed E-state index contributed by atoms with van der Waals surface area (Å²) in [5.74, 6) is 1.23. The predicted molar refractivity (Wildman–Crippen MR) is 95.5 cm³/mol. The molecule has 0 radical (unpaired) electrons. The molecular formula is C19H28O3S. The highest BCUT2D eigenvalue weighted by atomic mass is 32.1. The van der Waals surface area contributed by atoms with Crippen LogP contribution < -0.4 is 0 Å². The fourth-order valence-corrected chi connectivity index (χ4v) is 4.22. The summed E-state index contributed by atoms with van der Waals surface area (Å²) in [5.41, 5.74) is 2.29. The van der Waals surface area contributed by atoms with E-state index in [1.165, 1.54) is 6.08 Å². The van der Waals surface area contributed by atoms with Crippen molar-refractivity contribution in [3.63, 3.8) is 0 Å². The van der Waals surface area contributed by atoms with E-state index in [0.29, 0.717) is 24.0 Å². The average Bonchev–Trinajstić information content (AvgIpc) is 2.47.